The molecule has 1 aliphatic heterocycles. The number of hydrogen-bond acceptors (Lipinski definition) is 1. The number of benzene rings is 1. The standard InChI is InChI=1S/C12H14ClNO/c13-11-5-3-9(4-6-11)8-10-2-1-7-14-12(10)15/h3-6,10H,1-2,7-8H2,(H,14,15)/t10-/m1/s1. The summed E-state index contributed by atoms with van der Waals surface area (Å²) in [6.45, 7) is 0.829. The monoisotopic (exact) mass is 223 g/mol. The molecule has 1 aromatic carbocycles. The third-order valence-electron chi connectivity index (χ3n) is 2.79. The van der Waals surface area contributed by atoms with Crippen LogP contribution < -0.4 is 5.32 Å². The molecule has 0 aromatic heterocycles. The van der Waals surface area contributed by atoms with E-state index in [9.17, 15) is 4.79 Å². The van der Waals surface area contributed by atoms with E-state index in [4.69, 9.17) is 11.6 Å². The Labute approximate surface area is 94.6 Å². The van der Waals surface area contributed by atoms with Crippen molar-refractivity contribution in [1.82, 2.24) is 5.32 Å². The van der Waals surface area contributed by atoms with Crippen molar-refractivity contribution in [1.29, 1.82) is 0 Å². The largest absolute Gasteiger partial charge is 0.356 e. The molecule has 0 unspecified atom stereocenters. The van der Waals surface area contributed by atoms with Gasteiger partial charge in [-0.25, -0.2) is 0 Å². The highest BCUT2D eigenvalue weighted by Gasteiger charge is 2.21. The minimum Gasteiger partial charge on any atom is -0.356 e. The zero-order valence-corrected chi connectivity index (χ0v) is 9.26. The topological polar surface area (TPSA) is 29.1 Å². The van der Waals surface area contributed by atoms with Crippen LogP contribution in [0, 0.1) is 5.92 Å². The molecule has 1 atom stereocenters. The molecule has 1 fully saturated rings. The normalized spacial score (nSPS) is 21.1. The smallest absolute Gasteiger partial charge is 0.223 e. The Bertz CT molecular complexity index is 347. The predicted octanol–water partition coefficient (Wildman–Crippen LogP) is 2.41. The number of rotatable bonds is 2. The molecule has 3 heteroatoms. The highest BCUT2D eigenvalue weighted by molar-refractivity contribution is 6.30. The lowest BCUT2D eigenvalue weighted by Gasteiger charge is -2.21. The van der Waals surface area contributed by atoms with E-state index in [1.165, 1.54) is 5.56 Å². The van der Waals surface area contributed by atoms with Crippen LogP contribution in [-0.4, -0.2) is 12.5 Å². The highest BCUT2D eigenvalue weighted by Crippen LogP contribution is 2.18. The maximum absolute atomic E-state index is 11.5. The first-order valence-corrected chi connectivity index (χ1v) is 5.65. The first kappa shape index (κ1) is 10.5. The van der Waals surface area contributed by atoms with Gasteiger partial charge in [-0.3, -0.25) is 4.79 Å². The molecule has 0 aliphatic carbocycles. The summed E-state index contributed by atoms with van der Waals surface area (Å²) in [5.41, 5.74) is 1.18. The van der Waals surface area contributed by atoms with Crippen molar-refractivity contribution >= 4 is 17.5 Å². The molecule has 0 spiro atoms. The third-order valence-corrected chi connectivity index (χ3v) is 3.05. The van der Waals surface area contributed by atoms with Gasteiger partial charge in [0.1, 0.15) is 0 Å². The van der Waals surface area contributed by atoms with Crippen LogP contribution in [0.2, 0.25) is 5.02 Å². The summed E-state index contributed by atoms with van der Waals surface area (Å²) in [6.07, 6.45) is 2.90. The van der Waals surface area contributed by atoms with Crippen molar-refractivity contribution < 1.29 is 4.79 Å². The lowest BCUT2D eigenvalue weighted by Crippen LogP contribution is -2.37. The van der Waals surface area contributed by atoms with Crippen LogP contribution >= 0.6 is 11.6 Å². The number of hydrogen-bond donors (Lipinski definition) is 1. The van der Waals surface area contributed by atoms with Gasteiger partial charge in [-0.2, -0.15) is 0 Å². The first-order chi connectivity index (χ1) is 7.25. The summed E-state index contributed by atoms with van der Waals surface area (Å²) in [6, 6.07) is 7.73. The molecule has 2 nitrogen and oxygen atoms in total. The van der Waals surface area contributed by atoms with Gasteiger partial charge in [-0.1, -0.05) is 23.7 Å². The van der Waals surface area contributed by atoms with Gasteiger partial charge in [0.05, 0.1) is 0 Å². The molecule has 1 aromatic rings. The van der Waals surface area contributed by atoms with Crippen molar-refractivity contribution in [2.24, 2.45) is 5.92 Å². The third kappa shape index (κ3) is 2.72. The highest BCUT2D eigenvalue weighted by atomic mass is 35.5. The van der Waals surface area contributed by atoms with Crippen molar-refractivity contribution in [2.75, 3.05) is 6.54 Å². The second-order valence-corrected chi connectivity index (χ2v) is 4.40. The second kappa shape index (κ2) is 4.67. The zero-order chi connectivity index (χ0) is 10.7. The Morgan fingerprint density at radius 3 is 2.73 bits per heavy atom. The number of carbonyl (C=O) groups is 1. The number of amides is 1. The fourth-order valence-electron chi connectivity index (χ4n) is 1.94. The van der Waals surface area contributed by atoms with Gasteiger partial charge in [0.2, 0.25) is 5.91 Å². The van der Waals surface area contributed by atoms with E-state index in [1.54, 1.807) is 0 Å². The number of carbonyl (C=O) groups excluding carboxylic acids is 1. The van der Waals surface area contributed by atoms with Crippen LogP contribution in [0.4, 0.5) is 0 Å². The zero-order valence-electron chi connectivity index (χ0n) is 8.50. The number of nitrogens with one attached hydrogen (secondary N) is 1. The van der Waals surface area contributed by atoms with E-state index < -0.39 is 0 Å². The molecule has 1 amide bonds. The average molecular weight is 224 g/mol. The summed E-state index contributed by atoms with van der Waals surface area (Å²) in [5.74, 6) is 0.330. The summed E-state index contributed by atoms with van der Waals surface area (Å²) >= 11 is 5.80. The van der Waals surface area contributed by atoms with Crippen LogP contribution in [0.1, 0.15) is 18.4 Å². The molecule has 1 saturated heterocycles. The molecule has 2 rings (SSSR count). The molecule has 1 heterocycles. The molecule has 80 valence electrons. The van der Waals surface area contributed by atoms with Gasteiger partial charge in [0, 0.05) is 17.5 Å². The Morgan fingerprint density at radius 1 is 1.33 bits per heavy atom. The summed E-state index contributed by atoms with van der Waals surface area (Å²) < 4.78 is 0. The summed E-state index contributed by atoms with van der Waals surface area (Å²) in [7, 11) is 0. The lowest BCUT2D eigenvalue weighted by atomic mass is 9.92. The molecular formula is C12H14ClNO. The summed E-state index contributed by atoms with van der Waals surface area (Å²) in [5, 5.41) is 3.64. The maximum Gasteiger partial charge on any atom is 0.223 e. The molecule has 0 radical (unpaired) electrons. The number of piperidine rings is 1. The summed E-state index contributed by atoms with van der Waals surface area (Å²) in [4.78, 5) is 11.5. The van der Waals surface area contributed by atoms with E-state index in [0.717, 1.165) is 30.8 Å². The van der Waals surface area contributed by atoms with Crippen LogP contribution in [0.5, 0.6) is 0 Å². The molecule has 15 heavy (non-hydrogen) atoms. The predicted molar refractivity (Wildman–Crippen MR) is 60.9 cm³/mol. The van der Waals surface area contributed by atoms with Crippen LogP contribution in [0.3, 0.4) is 0 Å². The van der Waals surface area contributed by atoms with Gasteiger partial charge >= 0.3 is 0 Å². The van der Waals surface area contributed by atoms with Crippen LogP contribution in [0.25, 0.3) is 0 Å². The van der Waals surface area contributed by atoms with Crippen LogP contribution in [-0.2, 0) is 11.2 Å². The fourth-order valence-corrected chi connectivity index (χ4v) is 2.06. The van der Waals surface area contributed by atoms with E-state index in [1.807, 2.05) is 24.3 Å². The molecule has 0 bridgehead atoms. The molecule has 1 aliphatic rings. The van der Waals surface area contributed by atoms with E-state index in [-0.39, 0.29) is 11.8 Å². The van der Waals surface area contributed by atoms with E-state index in [2.05, 4.69) is 5.32 Å². The van der Waals surface area contributed by atoms with Crippen molar-refractivity contribution in [3.8, 4) is 0 Å². The second-order valence-electron chi connectivity index (χ2n) is 3.96. The number of halogens is 1. The van der Waals surface area contributed by atoms with Gasteiger partial charge < -0.3 is 5.32 Å². The van der Waals surface area contributed by atoms with Gasteiger partial charge in [0.25, 0.3) is 0 Å². The first-order valence-electron chi connectivity index (χ1n) is 5.28. The maximum atomic E-state index is 11.5. The van der Waals surface area contributed by atoms with Gasteiger partial charge in [-0.15, -0.1) is 0 Å². The SMILES string of the molecule is O=C1NCCC[C@@H]1Cc1ccc(Cl)cc1. The van der Waals surface area contributed by atoms with Crippen molar-refractivity contribution in [3.05, 3.63) is 34.9 Å². The Kier molecular flexibility index (Phi) is 3.27. The van der Waals surface area contributed by atoms with Crippen molar-refractivity contribution in [3.63, 3.8) is 0 Å². The fraction of sp³-hybridized carbons (Fsp3) is 0.417. The molecule has 1 N–H and O–H groups in total. The quantitative estimate of drug-likeness (QED) is 0.820. The Morgan fingerprint density at radius 2 is 2.07 bits per heavy atom. The Hall–Kier alpha value is -1.02. The van der Waals surface area contributed by atoms with Gasteiger partial charge in [0.15, 0.2) is 0 Å². The van der Waals surface area contributed by atoms with Crippen molar-refractivity contribution in [2.45, 2.75) is 19.3 Å². The minimum absolute atomic E-state index is 0.139. The average Bonchev–Trinajstić information content (AvgIpc) is 2.25. The van der Waals surface area contributed by atoms with Gasteiger partial charge in [-0.05, 0) is 37.0 Å². The van der Waals surface area contributed by atoms with Crippen LogP contribution in [0.15, 0.2) is 24.3 Å². The molecular weight excluding hydrogens is 210 g/mol. The minimum atomic E-state index is 0.139. The van der Waals surface area contributed by atoms with E-state index in [0.29, 0.717) is 0 Å². The Balaban J connectivity index is 2.01. The lowest BCUT2D eigenvalue weighted by molar-refractivity contribution is -0.126. The molecule has 0 saturated carbocycles. The van der Waals surface area contributed by atoms with E-state index >= 15 is 0 Å².